The molecule has 1 saturated heterocycles. The van der Waals surface area contributed by atoms with Gasteiger partial charge in [-0.2, -0.15) is 0 Å². The van der Waals surface area contributed by atoms with Crippen LogP contribution in [0.5, 0.6) is 0 Å². The zero-order valence-electron chi connectivity index (χ0n) is 15.6. The second-order valence-electron chi connectivity index (χ2n) is 6.90. The molecule has 0 bridgehead atoms. The Balaban J connectivity index is 1.50. The summed E-state index contributed by atoms with van der Waals surface area (Å²) in [6, 6.07) is 7.28. The fourth-order valence-electron chi connectivity index (χ4n) is 3.45. The standard InChI is InChI=1S/C19H15BN5O4S/c20-16-10-2-1-9(8-21-17(27)12-3-6-15(30)24-23-12)7-11(10)19(29)25(16)13-4-5-14(26)22-18(13)28/h1-3,6-7,13H,4-5,8H2,(H,21,27)(H,24,30)(H,22,26,28). The number of fused-ring (bicyclic) bond motifs is 1. The Morgan fingerprint density at radius 3 is 2.73 bits per heavy atom. The van der Waals surface area contributed by atoms with E-state index in [4.69, 9.17) is 19.7 Å². The van der Waals surface area contributed by atoms with Crippen LogP contribution in [0.3, 0.4) is 0 Å². The number of aromatic nitrogens is 2. The van der Waals surface area contributed by atoms with Crippen molar-refractivity contribution in [3.63, 3.8) is 0 Å². The first kappa shape index (κ1) is 19.8. The van der Waals surface area contributed by atoms with Crippen LogP contribution in [0, 0.1) is 4.64 Å². The quantitative estimate of drug-likeness (QED) is 0.363. The van der Waals surface area contributed by atoms with Gasteiger partial charge in [0.2, 0.25) is 0 Å². The normalized spacial score (nSPS) is 18.2. The van der Waals surface area contributed by atoms with E-state index in [2.05, 4.69) is 20.8 Å². The number of rotatable bonds is 4. The molecule has 1 unspecified atom stereocenters. The third kappa shape index (κ3) is 3.59. The Morgan fingerprint density at radius 1 is 1.23 bits per heavy atom. The van der Waals surface area contributed by atoms with Crippen LogP contribution >= 0.6 is 12.2 Å². The molecule has 4 amide bonds. The van der Waals surface area contributed by atoms with Crippen LogP contribution in [0.25, 0.3) is 0 Å². The van der Waals surface area contributed by atoms with Gasteiger partial charge in [-0.05, 0) is 0 Å². The molecule has 2 aliphatic heterocycles. The number of hydrogen-bond donors (Lipinski definition) is 3. The maximum absolute atomic E-state index is 12.9. The van der Waals surface area contributed by atoms with E-state index in [1.165, 1.54) is 11.0 Å². The molecular formula is C19H15BN5O4S. The second-order valence-corrected chi connectivity index (χ2v) is 7.34. The van der Waals surface area contributed by atoms with Gasteiger partial charge in [-0.3, -0.25) is 0 Å². The van der Waals surface area contributed by atoms with Crippen LogP contribution in [-0.4, -0.2) is 57.8 Å². The van der Waals surface area contributed by atoms with Crippen LogP contribution < -0.4 is 10.6 Å². The number of aromatic amines is 1. The third-order valence-corrected chi connectivity index (χ3v) is 5.18. The summed E-state index contributed by atoms with van der Waals surface area (Å²) in [4.78, 5) is 49.9. The summed E-state index contributed by atoms with van der Waals surface area (Å²) in [7, 11) is 6.14. The molecule has 4 rings (SSSR count). The average molecular weight is 420 g/mol. The van der Waals surface area contributed by atoms with Gasteiger partial charge in [0, 0.05) is 0 Å². The van der Waals surface area contributed by atoms with E-state index in [1.54, 1.807) is 24.3 Å². The van der Waals surface area contributed by atoms with Crippen molar-refractivity contribution < 1.29 is 19.2 Å². The fraction of sp³-hybridized carbons (Fsp3) is 0.211. The van der Waals surface area contributed by atoms with Gasteiger partial charge in [0.15, 0.2) is 0 Å². The average Bonchev–Trinajstić information content (AvgIpc) is 2.97. The Labute approximate surface area is 176 Å². The van der Waals surface area contributed by atoms with Crippen molar-refractivity contribution in [1.29, 1.82) is 0 Å². The molecule has 11 heteroatoms. The summed E-state index contributed by atoms with van der Waals surface area (Å²) in [6.07, 6.45) is 0.347. The van der Waals surface area contributed by atoms with Crippen LogP contribution in [0.15, 0.2) is 30.3 Å². The molecule has 2 aromatic rings. The van der Waals surface area contributed by atoms with E-state index < -0.39 is 23.8 Å². The number of carbonyl (C=O) groups is 4. The summed E-state index contributed by atoms with van der Waals surface area (Å²) in [5.41, 5.74) is 1.88. The molecule has 1 atom stereocenters. The molecule has 3 heterocycles. The van der Waals surface area contributed by atoms with E-state index in [1.807, 2.05) is 0 Å². The topological polar surface area (TPSA) is 124 Å². The molecule has 9 nitrogen and oxygen atoms in total. The first-order valence-electron chi connectivity index (χ1n) is 9.12. The van der Waals surface area contributed by atoms with E-state index in [-0.39, 0.29) is 36.6 Å². The summed E-state index contributed by atoms with van der Waals surface area (Å²) in [6.45, 7) is 0.162. The van der Waals surface area contributed by atoms with E-state index in [0.29, 0.717) is 21.3 Å². The van der Waals surface area contributed by atoms with Crippen molar-refractivity contribution in [2.45, 2.75) is 25.4 Å². The molecular weight excluding hydrogens is 405 g/mol. The minimum absolute atomic E-state index is 0.138. The fourth-order valence-corrected chi connectivity index (χ4v) is 3.57. The van der Waals surface area contributed by atoms with E-state index in [9.17, 15) is 19.2 Å². The molecule has 0 spiro atoms. The molecule has 2 aliphatic rings. The third-order valence-electron chi connectivity index (χ3n) is 4.96. The van der Waals surface area contributed by atoms with Crippen molar-refractivity contribution >= 4 is 48.9 Å². The zero-order valence-corrected chi connectivity index (χ0v) is 16.4. The predicted molar refractivity (Wildman–Crippen MR) is 109 cm³/mol. The van der Waals surface area contributed by atoms with Gasteiger partial charge in [-0.15, -0.1) is 0 Å². The number of carbonyl (C=O) groups excluding carboxylic acids is 4. The SMILES string of the molecule is [B]=C1c2ccc(CNC(=O)c3ccc(=S)[nH]n3)cc2C(=O)N1C1CCC(=O)NC1=O. The number of amides is 4. The zero-order chi connectivity index (χ0) is 21.4. The van der Waals surface area contributed by atoms with Gasteiger partial charge in [-0.1, -0.05) is 12.2 Å². The summed E-state index contributed by atoms with van der Waals surface area (Å²) in [5, 5.41) is 11.4. The van der Waals surface area contributed by atoms with Gasteiger partial charge < -0.3 is 0 Å². The molecule has 149 valence electrons. The van der Waals surface area contributed by atoms with Crippen molar-refractivity contribution in [2.75, 3.05) is 0 Å². The number of imide groups is 1. The molecule has 0 aliphatic carbocycles. The Kier molecular flexibility index (Phi) is 5.12. The second kappa shape index (κ2) is 7.75. The number of H-pyrrole nitrogens is 1. The molecule has 3 N–H and O–H groups in total. The van der Waals surface area contributed by atoms with Crippen molar-refractivity contribution in [1.82, 2.24) is 25.7 Å². The molecule has 0 saturated carbocycles. The Morgan fingerprint density at radius 2 is 2.03 bits per heavy atom. The number of hydrogen-bond acceptors (Lipinski definition) is 6. The van der Waals surface area contributed by atoms with Crippen LogP contribution in [0.4, 0.5) is 0 Å². The van der Waals surface area contributed by atoms with Gasteiger partial charge in [0.25, 0.3) is 0 Å². The van der Waals surface area contributed by atoms with Crippen LogP contribution in [0.2, 0.25) is 0 Å². The summed E-state index contributed by atoms with van der Waals surface area (Å²) < 4.78 is 0.415. The molecule has 30 heavy (non-hydrogen) atoms. The van der Waals surface area contributed by atoms with Crippen molar-refractivity contribution in [3.8, 4) is 0 Å². The van der Waals surface area contributed by atoms with Crippen LogP contribution in [0.1, 0.15) is 44.8 Å². The van der Waals surface area contributed by atoms with Crippen molar-refractivity contribution in [3.05, 3.63) is 57.4 Å². The van der Waals surface area contributed by atoms with Crippen LogP contribution in [-0.2, 0) is 16.1 Å². The summed E-state index contributed by atoms with van der Waals surface area (Å²) >= 11 is 4.90. The van der Waals surface area contributed by atoms with Gasteiger partial charge in [0.1, 0.15) is 0 Å². The molecule has 1 aromatic heterocycles. The number of piperidine rings is 1. The predicted octanol–water partition coefficient (Wildman–Crippen LogP) is -0.0233. The van der Waals surface area contributed by atoms with E-state index >= 15 is 0 Å². The molecule has 1 aromatic carbocycles. The maximum atomic E-state index is 12.9. The minimum atomic E-state index is -0.833. The summed E-state index contributed by atoms with van der Waals surface area (Å²) in [5.74, 6) is -1.73. The van der Waals surface area contributed by atoms with Gasteiger partial charge in [-0.25, -0.2) is 0 Å². The number of benzene rings is 1. The number of nitrogens with zero attached hydrogens (tertiary/aromatic N) is 2. The van der Waals surface area contributed by atoms with Gasteiger partial charge in [0.05, 0.1) is 0 Å². The Hall–Kier alpha value is -3.47. The van der Waals surface area contributed by atoms with Gasteiger partial charge >= 0.3 is 164 Å². The molecule has 1 radical (unpaired) electrons. The number of nitrogens with one attached hydrogen (secondary N) is 3. The van der Waals surface area contributed by atoms with E-state index in [0.717, 1.165) is 0 Å². The first-order chi connectivity index (χ1) is 14.3. The molecule has 1 fully saturated rings. The Bertz CT molecular complexity index is 1160. The first-order valence-corrected chi connectivity index (χ1v) is 9.53. The van der Waals surface area contributed by atoms with Crippen molar-refractivity contribution in [2.24, 2.45) is 0 Å². The monoisotopic (exact) mass is 420 g/mol.